The molecule has 174 valence electrons. The van der Waals surface area contributed by atoms with Crippen molar-refractivity contribution in [2.24, 2.45) is 0 Å². The van der Waals surface area contributed by atoms with E-state index in [4.69, 9.17) is 16.3 Å². The van der Waals surface area contributed by atoms with Gasteiger partial charge in [-0.15, -0.1) is 0 Å². The summed E-state index contributed by atoms with van der Waals surface area (Å²) in [6.07, 6.45) is 1.77. The van der Waals surface area contributed by atoms with Crippen LogP contribution < -0.4 is 4.74 Å². The van der Waals surface area contributed by atoms with Crippen LogP contribution in [0.25, 0.3) is 6.08 Å². The van der Waals surface area contributed by atoms with Crippen molar-refractivity contribution in [1.29, 1.82) is 5.26 Å². The van der Waals surface area contributed by atoms with Crippen LogP contribution in [-0.4, -0.2) is 42.7 Å². The number of rotatable bonds is 5. The zero-order valence-electron chi connectivity index (χ0n) is 18.3. The average Bonchev–Trinajstić information content (AvgIpc) is 3.16. The Morgan fingerprint density at radius 1 is 1.12 bits per heavy atom. The number of nitriles is 1. The van der Waals surface area contributed by atoms with E-state index in [1.165, 1.54) is 0 Å². The van der Waals surface area contributed by atoms with Crippen molar-refractivity contribution in [3.63, 3.8) is 0 Å². The summed E-state index contributed by atoms with van der Waals surface area (Å²) < 4.78 is 29.6. The molecule has 1 fully saturated rings. The van der Waals surface area contributed by atoms with E-state index in [0.717, 1.165) is 10.5 Å². The maximum atomic E-state index is 13.2. The van der Waals surface area contributed by atoms with Gasteiger partial charge in [-0.05, 0) is 60.4 Å². The SMILES string of the molecule is CC1=C(C#N)C(=O)N(C2CCS(=O)(=O)C2)C(=O)C1=Cc1ccc(OCc2ccc(Cl)cc2)cc1. The second-order valence-electron chi connectivity index (χ2n) is 8.19. The topological polar surface area (TPSA) is 105 Å². The highest BCUT2D eigenvalue weighted by Gasteiger charge is 2.43. The first-order chi connectivity index (χ1) is 16.2. The van der Waals surface area contributed by atoms with Crippen LogP contribution >= 0.6 is 11.6 Å². The summed E-state index contributed by atoms with van der Waals surface area (Å²) in [5, 5.41) is 10.2. The molecule has 1 atom stereocenters. The summed E-state index contributed by atoms with van der Waals surface area (Å²) in [5.74, 6) is -1.07. The van der Waals surface area contributed by atoms with E-state index in [2.05, 4.69) is 0 Å². The highest BCUT2D eigenvalue weighted by atomic mass is 35.5. The molecule has 0 spiro atoms. The van der Waals surface area contributed by atoms with E-state index in [1.807, 2.05) is 18.2 Å². The lowest BCUT2D eigenvalue weighted by Gasteiger charge is -2.31. The van der Waals surface area contributed by atoms with E-state index in [0.29, 0.717) is 22.9 Å². The van der Waals surface area contributed by atoms with Gasteiger partial charge in [0.25, 0.3) is 11.8 Å². The van der Waals surface area contributed by atoms with Gasteiger partial charge in [-0.1, -0.05) is 35.9 Å². The van der Waals surface area contributed by atoms with Gasteiger partial charge in [0.1, 0.15) is 24.0 Å². The van der Waals surface area contributed by atoms with E-state index in [1.54, 1.807) is 49.4 Å². The Morgan fingerprint density at radius 3 is 2.38 bits per heavy atom. The molecule has 0 aromatic heterocycles. The molecule has 1 unspecified atom stereocenters. The quantitative estimate of drug-likeness (QED) is 0.461. The Bertz CT molecular complexity index is 1350. The maximum absolute atomic E-state index is 13.2. The lowest BCUT2D eigenvalue weighted by molar-refractivity contribution is -0.142. The van der Waals surface area contributed by atoms with Crippen molar-refractivity contribution in [1.82, 2.24) is 4.90 Å². The van der Waals surface area contributed by atoms with Crippen LogP contribution in [0, 0.1) is 11.3 Å². The van der Waals surface area contributed by atoms with Crippen molar-refractivity contribution < 1.29 is 22.7 Å². The Morgan fingerprint density at radius 2 is 1.79 bits per heavy atom. The second kappa shape index (κ2) is 9.45. The number of carbonyl (C=O) groups excluding carboxylic acids is 2. The molecule has 2 heterocycles. The third-order valence-electron chi connectivity index (χ3n) is 5.86. The highest BCUT2D eigenvalue weighted by molar-refractivity contribution is 7.91. The molecule has 0 N–H and O–H groups in total. The number of halogens is 1. The first-order valence-corrected chi connectivity index (χ1v) is 12.8. The second-order valence-corrected chi connectivity index (χ2v) is 10.9. The lowest BCUT2D eigenvalue weighted by atomic mass is 9.92. The van der Waals surface area contributed by atoms with Crippen LogP contribution in [0.15, 0.2) is 65.3 Å². The molecular weight excluding hydrogens is 476 g/mol. The monoisotopic (exact) mass is 496 g/mol. The minimum atomic E-state index is -3.32. The van der Waals surface area contributed by atoms with Gasteiger partial charge in [-0.25, -0.2) is 8.42 Å². The minimum Gasteiger partial charge on any atom is -0.489 e. The number of carbonyl (C=O) groups is 2. The zero-order chi connectivity index (χ0) is 24.5. The van der Waals surface area contributed by atoms with Crippen LogP contribution in [-0.2, 0) is 26.0 Å². The maximum Gasteiger partial charge on any atom is 0.271 e. The average molecular weight is 497 g/mol. The predicted molar refractivity (Wildman–Crippen MR) is 127 cm³/mol. The Balaban J connectivity index is 1.57. The fourth-order valence-electron chi connectivity index (χ4n) is 3.98. The van der Waals surface area contributed by atoms with Crippen molar-refractivity contribution >= 4 is 39.3 Å². The third kappa shape index (κ3) is 4.91. The molecule has 4 rings (SSSR count). The molecule has 1 saturated heterocycles. The van der Waals surface area contributed by atoms with Crippen LogP contribution in [0.2, 0.25) is 5.02 Å². The Labute approximate surface area is 202 Å². The molecule has 2 aliphatic heterocycles. The van der Waals surface area contributed by atoms with Crippen LogP contribution in [0.5, 0.6) is 5.75 Å². The Hall–Kier alpha value is -3.41. The molecule has 0 bridgehead atoms. The fourth-order valence-corrected chi connectivity index (χ4v) is 5.81. The summed E-state index contributed by atoms with van der Waals surface area (Å²) in [6, 6.07) is 15.5. The number of ether oxygens (including phenoxy) is 1. The summed E-state index contributed by atoms with van der Waals surface area (Å²) in [7, 11) is -3.32. The minimum absolute atomic E-state index is 0.0875. The van der Waals surface area contributed by atoms with Crippen LogP contribution in [0.1, 0.15) is 24.5 Å². The summed E-state index contributed by atoms with van der Waals surface area (Å²) in [4.78, 5) is 27.0. The van der Waals surface area contributed by atoms with Gasteiger partial charge in [0.05, 0.1) is 17.5 Å². The molecule has 34 heavy (non-hydrogen) atoms. The van der Waals surface area contributed by atoms with Crippen molar-refractivity contribution in [2.75, 3.05) is 11.5 Å². The summed E-state index contributed by atoms with van der Waals surface area (Å²) >= 11 is 5.89. The summed E-state index contributed by atoms with van der Waals surface area (Å²) in [5.41, 5.74) is 1.95. The first kappa shape index (κ1) is 23.7. The fraction of sp³-hybridized carbons (Fsp3) is 0.240. The first-order valence-electron chi connectivity index (χ1n) is 10.6. The molecular formula is C25H21ClN2O5S. The number of hydrogen-bond donors (Lipinski definition) is 0. The molecule has 2 aromatic carbocycles. The number of nitrogens with zero attached hydrogens (tertiary/aromatic N) is 2. The molecule has 0 radical (unpaired) electrons. The van der Waals surface area contributed by atoms with Gasteiger partial charge in [0, 0.05) is 10.6 Å². The van der Waals surface area contributed by atoms with Gasteiger partial charge in [-0.2, -0.15) is 5.26 Å². The van der Waals surface area contributed by atoms with E-state index >= 15 is 0 Å². The Kier molecular flexibility index (Phi) is 6.60. The van der Waals surface area contributed by atoms with Crippen LogP contribution in [0.4, 0.5) is 0 Å². The van der Waals surface area contributed by atoms with Crippen molar-refractivity contribution in [2.45, 2.75) is 26.0 Å². The van der Waals surface area contributed by atoms with Gasteiger partial charge in [0.15, 0.2) is 9.84 Å². The molecule has 2 aliphatic rings. The summed E-state index contributed by atoms with van der Waals surface area (Å²) in [6.45, 7) is 1.91. The van der Waals surface area contributed by atoms with Crippen molar-refractivity contribution in [3.05, 3.63) is 81.4 Å². The molecule has 0 saturated carbocycles. The zero-order valence-corrected chi connectivity index (χ0v) is 19.9. The molecule has 9 heteroatoms. The third-order valence-corrected chi connectivity index (χ3v) is 7.86. The molecule has 7 nitrogen and oxygen atoms in total. The number of benzene rings is 2. The van der Waals surface area contributed by atoms with Gasteiger partial charge >= 0.3 is 0 Å². The van der Waals surface area contributed by atoms with Gasteiger partial charge in [-0.3, -0.25) is 14.5 Å². The smallest absolute Gasteiger partial charge is 0.271 e. The molecule has 2 amide bonds. The van der Waals surface area contributed by atoms with Crippen molar-refractivity contribution in [3.8, 4) is 11.8 Å². The van der Waals surface area contributed by atoms with E-state index < -0.39 is 27.7 Å². The predicted octanol–water partition coefficient (Wildman–Crippen LogP) is 3.70. The number of sulfone groups is 1. The molecule has 2 aromatic rings. The highest BCUT2D eigenvalue weighted by Crippen LogP contribution is 2.31. The van der Waals surface area contributed by atoms with Crippen LogP contribution in [0.3, 0.4) is 0 Å². The van der Waals surface area contributed by atoms with Gasteiger partial charge < -0.3 is 4.74 Å². The normalized spacial score (nSPS) is 21.1. The standard InChI is InChI=1S/C25H21ClN2O5S/c1-16-22(24(29)28(25(30)23(16)13-27)20-10-11-34(31,32)15-20)12-17-4-8-21(9-5-17)33-14-18-2-6-19(26)7-3-18/h2-9,12,20H,10-11,14-15H2,1H3. The van der Waals surface area contributed by atoms with E-state index in [9.17, 15) is 23.3 Å². The number of hydrogen-bond acceptors (Lipinski definition) is 6. The lowest BCUT2D eigenvalue weighted by Crippen LogP contribution is -2.49. The van der Waals surface area contributed by atoms with Gasteiger partial charge in [0.2, 0.25) is 0 Å². The number of amides is 2. The number of imide groups is 1. The largest absolute Gasteiger partial charge is 0.489 e. The molecule has 0 aliphatic carbocycles. The van der Waals surface area contributed by atoms with E-state index in [-0.39, 0.29) is 34.6 Å².